The van der Waals surface area contributed by atoms with Gasteiger partial charge in [-0.2, -0.15) is 0 Å². The van der Waals surface area contributed by atoms with Gasteiger partial charge in [-0.1, -0.05) is 106 Å². The van der Waals surface area contributed by atoms with E-state index in [1.807, 2.05) is 57.5 Å². The van der Waals surface area contributed by atoms with Gasteiger partial charge in [-0.25, -0.2) is 44.3 Å². The van der Waals surface area contributed by atoms with Crippen LogP contribution < -0.4 is 31.1 Å². The van der Waals surface area contributed by atoms with E-state index >= 15 is 0 Å². The zero-order chi connectivity index (χ0) is 100. The second-order valence-corrected chi connectivity index (χ2v) is 40.0. The number of fused-ring (bicyclic) bond motifs is 3. The van der Waals surface area contributed by atoms with Crippen LogP contribution in [-0.4, -0.2) is 334 Å². The molecule has 13 N–H and O–H groups in total. The summed E-state index contributed by atoms with van der Waals surface area (Å²) >= 11 is 38.4. The monoisotopic (exact) mass is 2100 g/mol. The standard InChI is InChI=1S/C54H70Cl4N4O14S2.C24H33Cl2N3O5S.2C4H5NO2.C4H6O6/c1-61-33-45(43-29-39(55)31-49(57)47(43)35-61)37-7-3-9-41(27-37)77(67,68)26-6-15-72-19-23-75-22-18-71-14-5-11-51(63)52(64)53(65)54(66)59-12-16-73-20-24-76-25-21-74-17-13-60-78(69,70)42-10-4-8-38(28-42)46-34-62(2)36-48-44(46)30-40(56)32-50(48)58;1-29-16-22(21-14-19(25)15-24(26)23(21)17-29)18-3-2-4-20(13-18)35(30,31)28-6-8-33-10-12-34-11-9-32-7-5-27;2*6-3-1-2-4(7)5-3;5-1(3(7)8)2(6)4(9)10/h3-4,7-10,27-32,45-46,52-53,60,64-65H,5-6,11-26,33-36H2,1-2H3,(H,59,66);2-4,13-15,22,28H,5-12,16-17,27H2,1H3;2*1-2H2,(H,5,6,7);1-2,5-6H,(H,7,8)(H,9,10). The van der Waals surface area contributed by atoms with Crippen molar-refractivity contribution in [3.8, 4) is 0 Å². The summed E-state index contributed by atoms with van der Waals surface area (Å²) in [4.78, 5) is 91.8. The number of aliphatic carboxylic acids is 2. The van der Waals surface area contributed by atoms with Crippen LogP contribution in [0.1, 0.15) is 113 Å². The molecule has 758 valence electrons. The number of nitrogens with zero attached hydrogens (tertiary/aromatic N) is 3. The summed E-state index contributed by atoms with van der Waals surface area (Å²) in [6.07, 6.45) is -6.46. The first-order valence-electron chi connectivity index (χ1n) is 43.7. The lowest BCUT2D eigenvalue weighted by Crippen LogP contribution is -2.46. The van der Waals surface area contributed by atoms with Gasteiger partial charge in [-0.3, -0.25) is 39.4 Å². The number of sulfone groups is 1. The van der Waals surface area contributed by atoms with E-state index in [1.54, 1.807) is 72.8 Å². The van der Waals surface area contributed by atoms with Crippen LogP contribution in [0, 0.1) is 0 Å². The zero-order valence-corrected chi connectivity index (χ0v) is 82.9. The third kappa shape index (κ3) is 40.1. The van der Waals surface area contributed by atoms with Gasteiger partial charge >= 0.3 is 11.9 Å². The van der Waals surface area contributed by atoms with E-state index in [0.29, 0.717) is 135 Å². The van der Waals surface area contributed by atoms with Crippen molar-refractivity contribution in [1.29, 1.82) is 0 Å². The number of likely N-dealkylation sites (N-methyl/N-ethyl adjacent to an activating group) is 3. The third-order valence-corrected chi connectivity index (χ3v) is 27.6. The number of hydrogen-bond acceptors (Lipinski definition) is 31. The topological polar surface area (TPSA) is 539 Å². The molecule has 2 fully saturated rings. The molecule has 0 bridgehead atoms. The fourth-order valence-electron chi connectivity index (χ4n) is 14.4. The number of carboxylic acids is 2. The molecule has 5 aliphatic rings. The lowest BCUT2D eigenvalue weighted by Gasteiger charge is -2.33. The molecule has 0 radical (unpaired) electrons. The van der Waals surface area contributed by atoms with Crippen LogP contribution in [0.25, 0.3) is 0 Å². The predicted octanol–water partition coefficient (Wildman–Crippen LogP) is 5.46. The Balaban J connectivity index is 0.000000348. The largest absolute Gasteiger partial charge is 0.479 e. The number of hydrogen-bond donors (Lipinski definition) is 12. The number of nitrogens with one attached hydrogen (secondary N) is 5. The van der Waals surface area contributed by atoms with Crippen LogP contribution in [0.2, 0.25) is 30.1 Å². The maximum atomic E-state index is 13.3. The number of aliphatic hydroxyl groups excluding tert-OH is 4. The Morgan fingerprint density at radius 1 is 0.409 bits per heavy atom. The quantitative estimate of drug-likeness (QED) is 0.0166. The summed E-state index contributed by atoms with van der Waals surface area (Å²) < 4.78 is 133. The second-order valence-electron chi connectivity index (χ2n) is 31.9. The van der Waals surface area contributed by atoms with Crippen molar-refractivity contribution in [2.75, 3.05) is 192 Å². The highest BCUT2D eigenvalue weighted by atomic mass is 35.5. The summed E-state index contributed by atoms with van der Waals surface area (Å²) in [5.41, 5.74) is 13.9. The highest BCUT2D eigenvalue weighted by Crippen LogP contribution is 2.43. The molecule has 11 rings (SSSR count). The molecular formula is C90H119Cl6N9O29S3. The molecule has 6 aromatic carbocycles. The molecule has 0 aliphatic carbocycles. The fourth-order valence-corrected chi connectivity index (χ4v) is 19.6. The third-order valence-electron chi connectivity index (χ3n) is 21.2. The number of carbonyl (C=O) groups excluding carboxylic acids is 6. The number of sulfonamides is 2. The summed E-state index contributed by atoms with van der Waals surface area (Å²) in [7, 11) is -5.07. The Kier molecular flexibility index (Phi) is 51.1. The van der Waals surface area contributed by atoms with Crippen LogP contribution in [0.4, 0.5) is 0 Å². The Bertz CT molecular complexity index is 5070. The number of amides is 5. The molecule has 6 aromatic rings. The second kappa shape index (κ2) is 60.1. The molecule has 5 heterocycles. The first-order chi connectivity index (χ1) is 65.2. The van der Waals surface area contributed by atoms with Crippen LogP contribution >= 0.6 is 69.6 Å². The Labute approximate surface area is 826 Å². The normalized spacial score (nSPS) is 17.0. The number of Topliss-reactive ketones (excluding diaryl/α,β-unsaturated/α-hetero) is 1. The maximum absolute atomic E-state index is 13.3. The lowest BCUT2D eigenvalue weighted by atomic mass is 9.85. The van der Waals surface area contributed by atoms with Crippen LogP contribution in [0.15, 0.2) is 124 Å². The van der Waals surface area contributed by atoms with Crippen molar-refractivity contribution in [2.24, 2.45) is 5.73 Å². The number of ketones is 1. The van der Waals surface area contributed by atoms with E-state index in [2.05, 4.69) is 40.1 Å². The number of benzene rings is 6. The van der Waals surface area contributed by atoms with Crippen molar-refractivity contribution < 1.29 is 137 Å². The van der Waals surface area contributed by atoms with Crippen molar-refractivity contribution in [2.45, 2.75) is 121 Å². The smallest absolute Gasteiger partial charge is 0.335 e. The molecule has 0 spiro atoms. The van der Waals surface area contributed by atoms with Crippen molar-refractivity contribution in [1.82, 2.24) is 40.1 Å². The summed E-state index contributed by atoms with van der Waals surface area (Å²) in [6, 6.07) is 31.8. The minimum Gasteiger partial charge on any atom is -0.479 e. The average Bonchev–Trinajstić information content (AvgIpc) is 0.840. The molecule has 7 unspecified atom stereocenters. The Morgan fingerprint density at radius 2 is 0.715 bits per heavy atom. The minimum absolute atomic E-state index is 0.0151. The number of ether oxygens (including phenoxy) is 9. The summed E-state index contributed by atoms with van der Waals surface area (Å²) in [6.45, 7) is 9.89. The number of nitrogens with two attached hydrogens (primary N) is 1. The molecule has 5 aliphatic heterocycles. The van der Waals surface area contributed by atoms with Gasteiger partial charge in [0.2, 0.25) is 43.7 Å². The van der Waals surface area contributed by atoms with Crippen LogP contribution in [0.5, 0.6) is 0 Å². The zero-order valence-electron chi connectivity index (χ0n) is 75.9. The predicted molar refractivity (Wildman–Crippen MR) is 508 cm³/mol. The minimum atomic E-state index is -3.82. The highest BCUT2D eigenvalue weighted by Gasteiger charge is 2.35. The number of imide groups is 2. The molecule has 47 heteroatoms. The van der Waals surface area contributed by atoms with E-state index in [9.17, 15) is 73.8 Å². The van der Waals surface area contributed by atoms with Gasteiger partial charge in [0.25, 0.3) is 5.91 Å². The van der Waals surface area contributed by atoms with Crippen LogP contribution in [-0.2, 0) is 131 Å². The Morgan fingerprint density at radius 3 is 1.04 bits per heavy atom. The van der Waals surface area contributed by atoms with Gasteiger partial charge < -0.3 is 99.0 Å². The van der Waals surface area contributed by atoms with Crippen molar-refractivity contribution in [3.05, 3.63) is 189 Å². The molecule has 2 saturated heterocycles. The first-order valence-corrected chi connectivity index (χ1v) is 50.6. The molecule has 0 saturated carbocycles. The number of carbonyl (C=O) groups is 8. The number of aliphatic hydroxyl groups is 4. The van der Waals surface area contributed by atoms with E-state index < -0.39 is 77.9 Å². The average molecular weight is 2100 g/mol. The van der Waals surface area contributed by atoms with Gasteiger partial charge in [-0.05, 0) is 157 Å². The molecule has 5 amide bonds. The van der Waals surface area contributed by atoms with Crippen molar-refractivity contribution in [3.63, 3.8) is 0 Å². The van der Waals surface area contributed by atoms with Gasteiger partial charge in [0.1, 0.15) is 6.10 Å². The summed E-state index contributed by atoms with van der Waals surface area (Å²) in [5.74, 6) is -6.07. The SMILES string of the molecule is CN1Cc2c(Cl)cc(Cl)cc2C(c2cccc(S(=O)(=O)CCCOCCOCCOCCCC(=O)C(O)C(O)C(=O)NCCOCCOCCOCCNS(=O)(=O)c3cccc(C4CN(C)Cc5c(Cl)cc(Cl)cc54)c3)c2)C1.CN1Cc2c(Cl)cc(Cl)cc2C(c2cccc(S(=O)(=O)NCCOCCOCCOCCN)c2)C1.O=C(O)C(O)C(O)C(=O)O.O=C1CCC(=O)N1.O=C1CCC(=O)N1. The lowest BCUT2D eigenvalue weighted by molar-refractivity contribution is -0.165. The van der Waals surface area contributed by atoms with Crippen LogP contribution in [0.3, 0.4) is 0 Å². The molecule has 0 aromatic heterocycles. The van der Waals surface area contributed by atoms with Gasteiger partial charge in [0.15, 0.2) is 33.9 Å². The molecule has 137 heavy (non-hydrogen) atoms. The van der Waals surface area contributed by atoms with Crippen molar-refractivity contribution >= 4 is 147 Å². The maximum Gasteiger partial charge on any atom is 0.335 e. The number of halogens is 6. The van der Waals surface area contributed by atoms with E-state index in [0.717, 1.165) is 56.6 Å². The molecule has 38 nitrogen and oxygen atoms in total. The molecule has 7 atom stereocenters. The number of carboxylic acid groups (broad SMARTS) is 2. The number of rotatable bonds is 51. The van der Waals surface area contributed by atoms with Gasteiger partial charge in [-0.15, -0.1) is 0 Å². The van der Waals surface area contributed by atoms with Gasteiger partial charge in [0, 0.05) is 159 Å². The highest BCUT2D eigenvalue weighted by molar-refractivity contribution is 7.91. The first kappa shape index (κ1) is 116. The molecular weight excluding hydrogens is 1980 g/mol. The van der Waals surface area contributed by atoms with E-state index in [4.69, 9.17) is 138 Å². The fraction of sp³-hybridized carbons (Fsp3) is 0.511. The van der Waals surface area contributed by atoms with E-state index in [-0.39, 0.29) is 180 Å². The summed E-state index contributed by atoms with van der Waals surface area (Å²) in [5, 5.41) is 63.1. The Hall–Kier alpha value is -7.49. The van der Waals surface area contributed by atoms with Gasteiger partial charge in [0.05, 0.1) is 126 Å². The van der Waals surface area contributed by atoms with E-state index in [1.165, 1.54) is 0 Å².